The van der Waals surface area contributed by atoms with Crippen molar-refractivity contribution in [3.63, 3.8) is 0 Å². The molecule has 17 heavy (non-hydrogen) atoms. The molecule has 0 aromatic carbocycles. The molecular formula is C15H35KN-. The van der Waals surface area contributed by atoms with Crippen molar-refractivity contribution in [3.05, 3.63) is 14.4 Å². The van der Waals surface area contributed by atoms with E-state index in [-0.39, 0.29) is 58.8 Å². The standard InChI is InChI=1S/C9H18N.C3H8.C2H6.CH3.K/c1-3-9-5-7-10(4-2)8-6-9;1-3-2;1-2;;/h9H,2-8H2,1H3;3H2,1-2H3;1-2H3;1H3;/q-1;;;-1;+1. The maximum Gasteiger partial charge on any atom is 1.00 e. The molecular weight excluding hydrogens is 233 g/mol. The van der Waals surface area contributed by atoms with E-state index in [9.17, 15) is 0 Å². The summed E-state index contributed by atoms with van der Waals surface area (Å²) in [4.78, 5) is 2.44. The van der Waals surface area contributed by atoms with Crippen LogP contribution < -0.4 is 51.4 Å². The Morgan fingerprint density at radius 2 is 1.41 bits per heavy atom. The van der Waals surface area contributed by atoms with E-state index >= 15 is 0 Å². The fourth-order valence-electron chi connectivity index (χ4n) is 1.62. The van der Waals surface area contributed by atoms with E-state index in [2.05, 4.69) is 32.6 Å². The Balaban J connectivity index is -0.000000106. The quantitative estimate of drug-likeness (QED) is 0.546. The number of piperidine rings is 1. The van der Waals surface area contributed by atoms with Gasteiger partial charge in [0, 0.05) is 0 Å². The molecule has 0 radical (unpaired) electrons. The molecule has 2 heteroatoms. The number of rotatable bonds is 2. The molecule has 0 spiro atoms. The van der Waals surface area contributed by atoms with Crippen molar-refractivity contribution in [2.24, 2.45) is 5.92 Å². The zero-order chi connectivity index (χ0) is 12.1. The minimum absolute atomic E-state index is 0. The average Bonchev–Trinajstić information content (AvgIpc) is 2.33. The van der Waals surface area contributed by atoms with Gasteiger partial charge in [-0.15, -0.1) is 6.54 Å². The molecule has 0 bridgehead atoms. The zero-order valence-electron chi connectivity index (χ0n) is 13.7. The molecule has 0 atom stereocenters. The molecule has 0 aliphatic carbocycles. The maximum absolute atomic E-state index is 3.89. The second kappa shape index (κ2) is 22.7. The molecule has 102 valence electrons. The van der Waals surface area contributed by atoms with Crippen molar-refractivity contribution in [1.29, 1.82) is 0 Å². The van der Waals surface area contributed by atoms with Gasteiger partial charge in [0.2, 0.25) is 0 Å². The molecule has 1 rings (SSSR count). The van der Waals surface area contributed by atoms with Gasteiger partial charge < -0.3 is 19.3 Å². The largest absolute Gasteiger partial charge is 1.00 e. The first-order valence-electron chi connectivity index (χ1n) is 6.79. The summed E-state index contributed by atoms with van der Waals surface area (Å²) in [5, 5.41) is 0. The summed E-state index contributed by atoms with van der Waals surface area (Å²) in [6.07, 6.45) is 5.41. The summed E-state index contributed by atoms with van der Waals surface area (Å²) >= 11 is 0. The molecule has 1 saturated heterocycles. The van der Waals surface area contributed by atoms with Gasteiger partial charge in [0.15, 0.2) is 0 Å². The van der Waals surface area contributed by atoms with E-state index in [1.54, 1.807) is 0 Å². The summed E-state index contributed by atoms with van der Waals surface area (Å²) in [5.41, 5.74) is 0. The van der Waals surface area contributed by atoms with Gasteiger partial charge in [0.25, 0.3) is 0 Å². The Morgan fingerprint density at radius 3 is 1.65 bits per heavy atom. The zero-order valence-corrected chi connectivity index (χ0v) is 16.8. The summed E-state index contributed by atoms with van der Waals surface area (Å²) in [5.74, 6) is 1.00. The molecule has 0 aromatic heterocycles. The van der Waals surface area contributed by atoms with Gasteiger partial charge in [-0.05, 0) is 31.8 Å². The first kappa shape index (κ1) is 27.0. The molecule has 0 N–H and O–H groups in total. The molecule has 0 aromatic rings. The Kier molecular flexibility index (Phi) is 36.2. The van der Waals surface area contributed by atoms with Crippen molar-refractivity contribution in [3.8, 4) is 0 Å². The minimum atomic E-state index is 0. The van der Waals surface area contributed by atoms with Gasteiger partial charge in [-0.25, -0.2) is 0 Å². The monoisotopic (exact) mass is 268 g/mol. The van der Waals surface area contributed by atoms with Crippen LogP contribution in [0.15, 0.2) is 0 Å². The minimum Gasteiger partial charge on any atom is -0.358 e. The fourth-order valence-corrected chi connectivity index (χ4v) is 1.62. The van der Waals surface area contributed by atoms with Crippen molar-refractivity contribution < 1.29 is 51.4 Å². The van der Waals surface area contributed by atoms with Gasteiger partial charge in [0.1, 0.15) is 0 Å². The van der Waals surface area contributed by atoms with Crippen molar-refractivity contribution >= 4 is 0 Å². The van der Waals surface area contributed by atoms with Crippen LogP contribution in [0.2, 0.25) is 0 Å². The Bertz CT molecular complexity index is 87.1. The third kappa shape index (κ3) is 17.6. The molecule has 1 fully saturated rings. The van der Waals surface area contributed by atoms with Crippen molar-refractivity contribution in [1.82, 2.24) is 4.90 Å². The van der Waals surface area contributed by atoms with Crippen LogP contribution in [0.1, 0.15) is 60.3 Å². The van der Waals surface area contributed by atoms with E-state index in [1.807, 2.05) is 13.8 Å². The van der Waals surface area contributed by atoms with Crippen LogP contribution >= 0.6 is 0 Å². The van der Waals surface area contributed by atoms with Crippen LogP contribution in [-0.4, -0.2) is 24.5 Å². The molecule has 0 saturated carbocycles. The molecule has 1 heterocycles. The predicted octanol–water partition coefficient (Wildman–Crippen LogP) is 1.84. The van der Waals surface area contributed by atoms with Crippen LogP contribution in [0, 0.1) is 20.3 Å². The van der Waals surface area contributed by atoms with Crippen LogP contribution in [0.3, 0.4) is 0 Å². The molecule has 0 unspecified atom stereocenters. The van der Waals surface area contributed by atoms with Gasteiger partial charge in [0.05, 0.1) is 0 Å². The van der Waals surface area contributed by atoms with Crippen molar-refractivity contribution in [2.75, 3.05) is 19.6 Å². The van der Waals surface area contributed by atoms with Gasteiger partial charge in [-0.2, -0.15) is 0 Å². The number of hydrogen-bond donors (Lipinski definition) is 0. The number of hydrogen-bond acceptors (Lipinski definition) is 1. The summed E-state index contributed by atoms with van der Waals surface area (Å²) in [7, 11) is 0. The number of likely N-dealkylation sites (tertiary alicyclic amines) is 1. The molecule has 1 nitrogen and oxygen atoms in total. The van der Waals surface area contributed by atoms with Crippen LogP contribution in [-0.2, 0) is 0 Å². The van der Waals surface area contributed by atoms with Crippen LogP contribution in [0.4, 0.5) is 0 Å². The van der Waals surface area contributed by atoms with E-state index in [4.69, 9.17) is 0 Å². The molecule has 0 amide bonds. The second-order valence-electron chi connectivity index (χ2n) is 3.90. The van der Waals surface area contributed by atoms with Crippen LogP contribution in [0.25, 0.3) is 0 Å². The Hall–Kier alpha value is 1.60. The third-order valence-electron chi connectivity index (χ3n) is 2.60. The Labute approximate surface area is 155 Å². The maximum atomic E-state index is 3.89. The normalized spacial score (nSPS) is 15.2. The summed E-state index contributed by atoms with van der Waals surface area (Å²) in [6.45, 7) is 18.0. The summed E-state index contributed by atoms with van der Waals surface area (Å²) in [6, 6.07) is 0. The SMILES string of the molecule is CC.CCC.[CH2-]CN1CCC(CC)CC1.[CH3-].[K+]. The first-order chi connectivity index (χ1) is 7.28. The smallest absolute Gasteiger partial charge is 0.358 e. The van der Waals surface area contributed by atoms with E-state index < -0.39 is 0 Å². The Morgan fingerprint density at radius 1 is 1.06 bits per heavy atom. The average molecular weight is 269 g/mol. The van der Waals surface area contributed by atoms with E-state index in [0.717, 1.165) is 12.5 Å². The third-order valence-corrected chi connectivity index (χ3v) is 2.60. The first-order valence-corrected chi connectivity index (χ1v) is 6.79. The van der Waals surface area contributed by atoms with Gasteiger partial charge in [-0.3, -0.25) is 0 Å². The van der Waals surface area contributed by atoms with Crippen LogP contribution in [0.5, 0.6) is 0 Å². The second-order valence-corrected chi connectivity index (χ2v) is 3.90. The molecule has 1 aliphatic rings. The van der Waals surface area contributed by atoms with E-state index in [1.165, 1.54) is 38.8 Å². The summed E-state index contributed by atoms with van der Waals surface area (Å²) < 4.78 is 0. The fraction of sp³-hybridized carbons (Fsp3) is 0.867. The van der Waals surface area contributed by atoms with Crippen molar-refractivity contribution in [2.45, 2.75) is 60.3 Å². The van der Waals surface area contributed by atoms with Gasteiger partial charge >= 0.3 is 51.4 Å². The van der Waals surface area contributed by atoms with Gasteiger partial charge in [-0.1, -0.05) is 47.5 Å². The number of nitrogens with zero attached hydrogens (tertiary/aromatic N) is 1. The topological polar surface area (TPSA) is 3.24 Å². The van der Waals surface area contributed by atoms with E-state index in [0.29, 0.717) is 0 Å². The predicted molar refractivity (Wildman–Crippen MR) is 78.5 cm³/mol. The molecule has 1 aliphatic heterocycles.